The van der Waals surface area contributed by atoms with E-state index >= 15 is 0 Å². The molecule has 1 aliphatic heterocycles. The Kier molecular flexibility index (Phi) is 5.82. The minimum atomic E-state index is -0.0427. The molecule has 1 saturated carbocycles. The van der Waals surface area contributed by atoms with Gasteiger partial charge in [-0.3, -0.25) is 14.5 Å². The third-order valence-electron chi connectivity index (χ3n) is 7.68. The van der Waals surface area contributed by atoms with Crippen molar-refractivity contribution in [2.24, 2.45) is 13.0 Å². The van der Waals surface area contributed by atoms with Crippen molar-refractivity contribution in [1.29, 1.82) is 0 Å². The minimum absolute atomic E-state index is 0.0427. The molecule has 0 spiro atoms. The fourth-order valence-corrected chi connectivity index (χ4v) is 5.69. The standard InChI is InChI=1S/C29H32N6O2/c1-18-26(17-33(3)32-18)24-13-20(16-34-12-10-30-19(34)2)14-25-23(24)8-11-35(29(25)36)28(21-5-6-21)27-15-22(37-4)7-9-31-27/h7,9-10,12-15,17,21,28H,5-6,8,11,16H2,1-4H3. The summed E-state index contributed by atoms with van der Waals surface area (Å²) < 4.78 is 9.43. The van der Waals surface area contributed by atoms with Gasteiger partial charge in [-0.25, -0.2) is 4.98 Å². The quantitative estimate of drug-likeness (QED) is 0.376. The van der Waals surface area contributed by atoms with Gasteiger partial charge in [-0.05, 0) is 73.9 Å². The monoisotopic (exact) mass is 496 g/mol. The van der Waals surface area contributed by atoms with Crippen LogP contribution in [0.4, 0.5) is 0 Å². The lowest BCUT2D eigenvalue weighted by molar-refractivity contribution is 0.0627. The summed E-state index contributed by atoms with van der Waals surface area (Å²) in [5.41, 5.74) is 7.03. The van der Waals surface area contributed by atoms with Gasteiger partial charge in [0.1, 0.15) is 11.6 Å². The van der Waals surface area contributed by atoms with Crippen LogP contribution in [-0.4, -0.2) is 48.8 Å². The maximum Gasteiger partial charge on any atom is 0.254 e. The molecule has 3 aromatic heterocycles. The summed E-state index contributed by atoms with van der Waals surface area (Å²) in [4.78, 5) is 25.3. The van der Waals surface area contributed by atoms with Crippen LogP contribution in [0.15, 0.2) is 49.1 Å². The van der Waals surface area contributed by atoms with E-state index in [1.54, 1.807) is 13.3 Å². The first-order chi connectivity index (χ1) is 17.9. The Hall–Kier alpha value is -3.94. The summed E-state index contributed by atoms with van der Waals surface area (Å²) in [6.45, 7) is 5.35. The average molecular weight is 497 g/mol. The van der Waals surface area contributed by atoms with Crippen LogP contribution in [0.2, 0.25) is 0 Å². The van der Waals surface area contributed by atoms with Crippen molar-refractivity contribution in [2.75, 3.05) is 13.7 Å². The molecule has 1 unspecified atom stereocenters. The van der Waals surface area contributed by atoms with Crippen LogP contribution in [0, 0.1) is 19.8 Å². The second-order valence-electron chi connectivity index (χ2n) is 10.2. The topological polar surface area (TPSA) is 78.1 Å². The molecule has 0 bridgehead atoms. The number of ether oxygens (including phenoxy) is 1. The van der Waals surface area contributed by atoms with E-state index < -0.39 is 0 Å². The molecule has 1 amide bonds. The molecule has 0 radical (unpaired) electrons. The Labute approximate surface area is 216 Å². The fraction of sp³-hybridized carbons (Fsp3) is 0.379. The Morgan fingerprint density at radius 3 is 2.57 bits per heavy atom. The van der Waals surface area contributed by atoms with Gasteiger partial charge < -0.3 is 14.2 Å². The number of hydrogen-bond donors (Lipinski definition) is 0. The number of benzene rings is 1. The summed E-state index contributed by atoms with van der Waals surface area (Å²) in [5, 5.41) is 4.59. The second kappa shape index (κ2) is 9.18. The number of nitrogens with zero attached hydrogens (tertiary/aromatic N) is 6. The SMILES string of the molecule is COc1ccnc(C(C2CC2)N2CCc3c(cc(Cn4ccnc4C)cc3-c3cn(C)nc3C)C2=O)c1. The second-order valence-corrected chi connectivity index (χ2v) is 10.2. The molecule has 1 aromatic carbocycles. The van der Waals surface area contributed by atoms with Crippen molar-refractivity contribution < 1.29 is 9.53 Å². The number of carbonyl (C=O) groups excluding carboxylic acids is 1. The summed E-state index contributed by atoms with van der Waals surface area (Å²) in [7, 11) is 3.61. The molecule has 0 N–H and O–H groups in total. The molecule has 4 aromatic rings. The Bertz CT molecular complexity index is 1480. The highest BCUT2D eigenvalue weighted by Crippen LogP contribution is 2.46. The van der Waals surface area contributed by atoms with Crippen LogP contribution >= 0.6 is 0 Å². The minimum Gasteiger partial charge on any atom is -0.497 e. The highest BCUT2D eigenvalue weighted by atomic mass is 16.5. The van der Waals surface area contributed by atoms with Gasteiger partial charge in [0, 0.05) is 62.1 Å². The number of rotatable bonds is 7. The van der Waals surface area contributed by atoms with E-state index in [9.17, 15) is 4.79 Å². The van der Waals surface area contributed by atoms with E-state index in [4.69, 9.17) is 4.74 Å². The van der Waals surface area contributed by atoms with Crippen molar-refractivity contribution >= 4 is 5.91 Å². The summed E-state index contributed by atoms with van der Waals surface area (Å²) in [6, 6.07) is 8.11. The maximum atomic E-state index is 14.2. The van der Waals surface area contributed by atoms with Gasteiger partial charge in [-0.2, -0.15) is 5.10 Å². The third kappa shape index (κ3) is 4.30. The van der Waals surface area contributed by atoms with E-state index in [-0.39, 0.29) is 11.9 Å². The molecule has 8 heteroatoms. The number of aryl methyl sites for hydroxylation is 3. The van der Waals surface area contributed by atoms with Crippen LogP contribution in [-0.2, 0) is 20.0 Å². The zero-order valence-corrected chi connectivity index (χ0v) is 21.8. The van der Waals surface area contributed by atoms with Crippen molar-refractivity contribution in [1.82, 2.24) is 29.2 Å². The van der Waals surface area contributed by atoms with Crippen LogP contribution in [0.25, 0.3) is 11.1 Å². The number of hydrogen-bond acceptors (Lipinski definition) is 5. The normalized spacial score (nSPS) is 16.1. The zero-order valence-electron chi connectivity index (χ0n) is 21.8. The van der Waals surface area contributed by atoms with Crippen molar-refractivity contribution in [3.8, 4) is 16.9 Å². The summed E-state index contributed by atoms with van der Waals surface area (Å²) >= 11 is 0. The van der Waals surface area contributed by atoms with Gasteiger partial charge in [0.05, 0.1) is 24.5 Å². The Morgan fingerprint density at radius 1 is 1.08 bits per heavy atom. The van der Waals surface area contributed by atoms with E-state index in [1.807, 2.05) is 55.0 Å². The van der Waals surface area contributed by atoms with Gasteiger partial charge >= 0.3 is 0 Å². The van der Waals surface area contributed by atoms with Gasteiger partial charge in [0.15, 0.2) is 0 Å². The molecule has 1 atom stereocenters. The van der Waals surface area contributed by atoms with E-state index in [1.165, 1.54) is 0 Å². The van der Waals surface area contributed by atoms with E-state index in [0.717, 1.165) is 70.0 Å². The average Bonchev–Trinajstić information content (AvgIpc) is 3.56. The molecule has 1 fully saturated rings. The molecule has 2 aliphatic rings. The molecule has 190 valence electrons. The third-order valence-corrected chi connectivity index (χ3v) is 7.68. The Morgan fingerprint density at radius 2 is 1.89 bits per heavy atom. The maximum absolute atomic E-state index is 14.2. The smallest absolute Gasteiger partial charge is 0.254 e. The molecular formula is C29H32N6O2. The lowest BCUT2D eigenvalue weighted by Crippen LogP contribution is -2.41. The van der Waals surface area contributed by atoms with Gasteiger partial charge in [-0.1, -0.05) is 0 Å². The molecule has 1 aliphatic carbocycles. The largest absolute Gasteiger partial charge is 0.497 e. The molecular weight excluding hydrogens is 464 g/mol. The van der Waals surface area contributed by atoms with Crippen molar-refractivity contribution in [3.63, 3.8) is 0 Å². The van der Waals surface area contributed by atoms with Crippen LogP contribution in [0.3, 0.4) is 0 Å². The van der Waals surface area contributed by atoms with Crippen LogP contribution in [0.5, 0.6) is 5.75 Å². The molecule has 0 saturated heterocycles. The van der Waals surface area contributed by atoms with Crippen molar-refractivity contribution in [2.45, 2.75) is 45.7 Å². The molecule has 37 heavy (non-hydrogen) atoms. The lowest BCUT2D eigenvalue weighted by atomic mass is 9.87. The van der Waals surface area contributed by atoms with Gasteiger partial charge in [0.25, 0.3) is 5.91 Å². The first-order valence-corrected chi connectivity index (χ1v) is 12.9. The number of pyridine rings is 1. The van der Waals surface area contributed by atoms with Gasteiger partial charge in [0.2, 0.25) is 0 Å². The first kappa shape index (κ1) is 23.5. The van der Waals surface area contributed by atoms with Crippen molar-refractivity contribution in [3.05, 3.63) is 83.0 Å². The molecule has 6 rings (SSSR count). The lowest BCUT2D eigenvalue weighted by Gasteiger charge is -2.36. The number of amides is 1. The summed E-state index contributed by atoms with van der Waals surface area (Å²) in [5.74, 6) is 2.23. The number of aromatic nitrogens is 5. The number of methoxy groups -OCH3 is 1. The highest BCUT2D eigenvalue weighted by molar-refractivity contribution is 5.99. The predicted molar refractivity (Wildman–Crippen MR) is 140 cm³/mol. The number of imidazole rings is 1. The molecule has 8 nitrogen and oxygen atoms in total. The van der Waals surface area contributed by atoms with Gasteiger partial charge in [-0.15, -0.1) is 0 Å². The first-order valence-electron chi connectivity index (χ1n) is 12.9. The zero-order chi connectivity index (χ0) is 25.7. The van der Waals surface area contributed by atoms with E-state index in [2.05, 4.69) is 38.0 Å². The summed E-state index contributed by atoms with van der Waals surface area (Å²) in [6.07, 6.45) is 10.6. The predicted octanol–water partition coefficient (Wildman–Crippen LogP) is 4.50. The van der Waals surface area contributed by atoms with Crippen LogP contribution < -0.4 is 4.74 Å². The number of fused-ring (bicyclic) bond motifs is 1. The fourth-order valence-electron chi connectivity index (χ4n) is 5.69. The molecule has 4 heterocycles. The van der Waals surface area contributed by atoms with Crippen LogP contribution in [0.1, 0.15) is 57.6 Å². The number of carbonyl (C=O) groups is 1. The highest BCUT2D eigenvalue weighted by Gasteiger charge is 2.42. The van der Waals surface area contributed by atoms with E-state index in [0.29, 0.717) is 19.0 Å². The Balaban J connectivity index is 1.45.